The Morgan fingerprint density at radius 1 is 1.20 bits per heavy atom. The normalized spacial score (nSPS) is 16.1. The van der Waals surface area contributed by atoms with Crippen molar-refractivity contribution in [2.24, 2.45) is 0 Å². The largest absolute Gasteiger partial charge is 0.467 e. The number of carbonyl (C=O) groups excluding carboxylic acids is 1. The molecule has 2 aromatic carbocycles. The minimum atomic E-state index is -0.210. The monoisotopic (exact) mass is 405 g/mol. The van der Waals surface area contributed by atoms with Gasteiger partial charge in [-0.3, -0.25) is 4.79 Å². The van der Waals surface area contributed by atoms with E-state index in [1.165, 1.54) is 12.7 Å². The molecule has 156 valence electrons. The number of aromatic amines is 1. The molecule has 0 aliphatic carbocycles. The summed E-state index contributed by atoms with van der Waals surface area (Å²) < 4.78 is 4.93. The van der Waals surface area contributed by atoms with Gasteiger partial charge in [-0.05, 0) is 66.6 Å². The van der Waals surface area contributed by atoms with Crippen molar-refractivity contribution in [3.05, 3.63) is 70.0 Å². The van der Waals surface area contributed by atoms with E-state index in [2.05, 4.69) is 34.3 Å². The molecule has 3 aromatic rings. The fraction of sp³-hybridized carbons (Fsp3) is 0.333. The summed E-state index contributed by atoms with van der Waals surface area (Å²) in [4.78, 5) is 29.5. The van der Waals surface area contributed by atoms with E-state index in [1.54, 1.807) is 0 Å². The minimum Gasteiger partial charge on any atom is -0.467 e. The number of aryl methyl sites for hydroxylation is 1. The van der Waals surface area contributed by atoms with Gasteiger partial charge in [0.1, 0.15) is 6.04 Å². The lowest BCUT2D eigenvalue weighted by molar-refractivity contribution is -0.141. The molecule has 4 rings (SSSR count). The number of benzene rings is 2. The Kier molecular flexibility index (Phi) is 5.74. The molecule has 6 nitrogen and oxygen atoms in total. The summed E-state index contributed by atoms with van der Waals surface area (Å²) in [6.45, 7) is 3.38. The van der Waals surface area contributed by atoms with Crippen LogP contribution in [0.4, 0.5) is 11.4 Å². The van der Waals surface area contributed by atoms with Crippen LogP contribution in [0, 0.1) is 0 Å². The fourth-order valence-electron chi connectivity index (χ4n) is 4.07. The van der Waals surface area contributed by atoms with Crippen molar-refractivity contribution in [3.8, 4) is 0 Å². The van der Waals surface area contributed by atoms with Crippen LogP contribution in [0.3, 0.4) is 0 Å². The first kappa shape index (κ1) is 20.0. The maximum atomic E-state index is 12.5. The predicted molar refractivity (Wildman–Crippen MR) is 120 cm³/mol. The summed E-state index contributed by atoms with van der Waals surface area (Å²) >= 11 is 0. The molecule has 1 unspecified atom stereocenters. The first-order chi connectivity index (χ1) is 14.6. The van der Waals surface area contributed by atoms with Gasteiger partial charge < -0.3 is 19.9 Å². The number of carbonyl (C=O) groups is 1. The van der Waals surface area contributed by atoms with Gasteiger partial charge in [0.25, 0.3) is 5.56 Å². The highest BCUT2D eigenvalue weighted by molar-refractivity contribution is 5.81. The number of hydrogen-bond donors (Lipinski definition) is 2. The number of H-pyrrole nitrogens is 1. The molecule has 30 heavy (non-hydrogen) atoms. The van der Waals surface area contributed by atoms with Crippen molar-refractivity contribution in [2.45, 2.75) is 38.8 Å². The van der Waals surface area contributed by atoms with Gasteiger partial charge in [0.15, 0.2) is 0 Å². The maximum Gasteiger partial charge on any atom is 0.328 e. The highest BCUT2D eigenvalue weighted by atomic mass is 16.5. The minimum absolute atomic E-state index is 0.0714. The molecule has 1 aliphatic heterocycles. The van der Waals surface area contributed by atoms with Gasteiger partial charge in [-0.15, -0.1) is 0 Å². The number of ether oxygens (including phenoxy) is 1. The highest BCUT2D eigenvalue weighted by Gasteiger charge is 2.31. The number of aromatic nitrogens is 1. The first-order valence-electron chi connectivity index (χ1n) is 10.4. The van der Waals surface area contributed by atoms with Crippen molar-refractivity contribution in [3.63, 3.8) is 0 Å². The topological polar surface area (TPSA) is 74.4 Å². The number of nitrogens with zero attached hydrogens (tertiary/aromatic N) is 1. The van der Waals surface area contributed by atoms with Crippen molar-refractivity contribution in [1.29, 1.82) is 0 Å². The molecule has 1 fully saturated rings. The third-order valence-electron chi connectivity index (χ3n) is 5.80. The van der Waals surface area contributed by atoms with Crippen molar-refractivity contribution in [2.75, 3.05) is 23.9 Å². The maximum absolute atomic E-state index is 12.5. The molecule has 1 saturated heterocycles. The molecule has 6 heteroatoms. The van der Waals surface area contributed by atoms with E-state index in [1.807, 2.05) is 36.4 Å². The van der Waals surface area contributed by atoms with Crippen molar-refractivity contribution >= 4 is 28.2 Å². The van der Waals surface area contributed by atoms with E-state index in [0.29, 0.717) is 12.1 Å². The smallest absolute Gasteiger partial charge is 0.328 e. The number of anilines is 2. The van der Waals surface area contributed by atoms with Crippen molar-refractivity contribution < 1.29 is 9.53 Å². The average molecular weight is 405 g/mol. The molecule has 0 bridgehead atoms. The SMILES string of the molecule is CCc1ccc2cc(CNc3ccc(N4CCCC4C(=O)OC)cc3)c(=O)[nH]c2c1. The van der Waals surface area contributed by atoms with Crippen LogP contribution >= 0.6 is 0 Å². The Balaban J connectivity index is 1.46. The molecule has 1 aliphatic rings. The Labute approximate surface area is 175 Å². The molecule has 0 spiro atoms. The van der Waals surface area contributed by atoms with Crippen LogP contribution in [0.1, 0.15) is 30.9 Å². The molecule has 0 radical (unpaired) electrons. The van der Waals surface area contributed by atoms with Gasteiger partial charge in [-0.25, -0.2) is 4.79 Å². The number of rotatable bonds is 6. The number of nitrogens with one attached hydrogen (secondary N) is 2. The average Bonchev–Trinajstić information content (AvgIpc) is 3.27. The summed E-state index contributed by atoms with van der Waals surface area (Å²) in [7, 11) is 1.43. The van der Waals surface area contributed by atoms with Crippen LogP contribution in [-0.2, 0) is 22.5 Å². The van der Waals surface area contributed by atoms with Crippen LogP contribution in [0.2, 0.25) is 0 Å². The Hall–Kier alpha value is -3.28. The molecular formula is C24H27N3O3. The van der Waals surface area contributed by atoms with E-state index >= 15 is 0 Å². The third-order valence-corrected chi connectivity index (χ3v) is 5.80. The Bertz CT molecular complexity index is 1100. The van der Waals surface area contributed by atoms with Crippen LogP contribution in [0.5, 0.6) is 0 Å². The number of esters is 1. The van der Waals surface area contributed by atoms with E-state index in [-0.39, 0.29) is 17.6 Å². The van der Waals surface area contributed by atoms with Gasteiger partial charge in [0.2, 0.25) is 0 Å². The van der Waals surface area contributed by atoms with Gasteiger partial charge >= 0.3 is 5.97 Å². The quantitative estimate of drug-likeness (QED) is 0.610. The highest BCUT2D eigenvalue weighted by Crippen LogP contribution is 2.27. The van der Waals surface area contributed by atoms with Gasteiger partial charge in [-0.2, -0.15) is 0 Å². The summed E-state index contributed by atoms with van der Waals surface area (Å²) in [6.07, 6.45) is 2.73. The van der Waals surface area contributed by atoms with E-state index < -0.39 is 0 Å². The zero-order chi connectivity index (χ0) is 21.1. The Morgan fingerprint density at radius 2 is 2.00 bits per heavy atom. The van der Waals surface area contributed by atoms with E-state index in [9.17, 15) is 9.59 Å². The molecule has 2 heterocycles. The van der Waals surface area contributed by atoms with Gasteiger partial charge in [0, 0.05) is 35.5 Å². The first-order valence-corrected chi connectivity index (χ1v) is 10.4. The number of hydrogen-bond acceptors (Lipinski definition) is 5. The lowest BCUT2D eigenvalue weighted by Crippen LogP contribution is -2.36. The zero-order valence-corrected chi connectivity index (χ0v) is 17.4. The number of methoxy groups -OCH3 is 1. The van der Waals surface area contributed by atoms with E-state index in [0.717, 1.165) is 48.1 Å². The molecule has 2 N–H and O–H groups in total. The van der Waals surface area contributed by atoms with Crippen LogP contribution < -0.4 is 15.8 Å². The second kappa shape index (κ2) is 8.61. The lowest BCUT2D eigenvalue weighted by Gasteiger charge is -2.25. The lowest BCUT2D eigenvalue weighted by atomic mass is 10.1. The van der Waals surface area contributed by atoms with E-state index in [4.69, 9.17) is 4.74 Å². The van der Waals surface area contributed by atoms with Crippen LogP contribution in [-0.4, -0.2) is 30.6 Å². The molecular weight excluding hydrogens is 378 g/mol. The molecule has 0 amide bonds. The predicted octanol–water partition coefficient (Wildman–Crippen LogP) is 3.84. The van der Waals surface area contributed by atoms with Gasteiger partial charge in [0.05, 0.1) is 7.11 Å². The third kappa shape index (κ3) is 4.03. The number of pyridine rings is 1. The molecule has 0 saturated carbocycles. The second-order valence-electron chi connectivity index (χ2n) is 7.67. The zero-order valence-electron chi connectivity index (χ0n) is 17.4. The fourth-order valence-corrected chi connectivity index (χ4v) is 4.07. The second-order valence-corrected chi connectivity index (χ2v) is 7.67. The Morgan fingerprint density at radius 3 is 2.73 bits per heavy atom. The summed E-state index contributed by atoms with van der Waals surface area (Å²) in [5.74, 6) is -0.184. The molecule has 1 aromatic heterocycles. The summed E-state index contributed by atoms with van der Waals surface area (Å²) in [5, 5.41) is 4.35. The molecule has 1 atom stereocenters. The summed E-state index contributed by atoms with van der Waals surface area (Å²) in [6, 6.07) is 15.9. The van der Waals surface area contributed by atoms with Crippen molar-refractivity contribution in [1.82, 2.24) is 4.98 Å². The number of fused-ring (bicyclic) bond motifs is 1. The standard InChI is InChI=1S/C24H27N3O3/c1-3-16-6-7-17-14-18(23(28)26-21(17)13-16)15-25-19-8-10-20(11-9-19)27-12-4-5-22(27)24(29)30-2/h6-11,13-14,22,25H,3-5,12,15H2,1-2H3,(H,26,28). The summed E-state index contributed by atoms with van der Waals surface area (Å²) in [5.41, 5.74) is 4.63. The van der Waals surface area contributed by atoms with Crippen LogP contribution in [0.25, 0.3) is 10.9 Å². The van der Waals surface area contributed by atoms with Gasteiger partial charge in [-0.1, -0.05) is 19.1 Å². The van der Waals surface area contributed by atoms with Crippen LogP contribution in [0.15, 0.2) is 53.3 Å².